The topological polar surface area (TPSA) is 41.6 Å². The van der Waals surface area contributed by atoms with Crippen molar-refractivity contribution in [3.05, 3.63) is 75.4 Å². The van der Waals surface area contributed by atoms with Crippen molar-refractivity contribution in [1.29, 1.82) is 5.26 Å². The number of nitriles is 1. The molecule has 3 nitrogen and oxygen atoms in total. The molecule has 4 rings (SSSR count). The molecule has 2 aromatic carbocycles. The maximum atomic E-state index is 13.6. The summed E-state index contributed by atoms with van der Waals surface area (Å²) in [5, 5.41) is 10.6. The zero-order chi connectivity index (χ0) is 22.3. The highest BCUT2D eigenvalue weighted by atomic mass is 32.1. The molecule has 158 valence electrons. The van der Waals surface area contributed by atoms with E-state index >= 15 is 0 Å². The van der Waals surface area contributed by atoms with E-state index in [0.29, 0.717) is 33.6 Å². The molecular weight excluding hydrogens is 426 g/mol. The lowest BCUT2D eigenvalue weighted by Gasteiger charge is -2.08. The molecule has 0 unspecified atom stereocenters. The molecule has 2 aromatic heterocycles. The molecule has 0 atom stereocenters. The van der Waals surface area contributed by atoms with Crippen molar-refractivity contribution in [2.45, 2.75) is 33.2 Å². The fourth-order valence-corrected chi connectivity index (χ4v) is 4.68. The van der Waals surface area contributed by atoms with Crippen LogP contribution < -0.4 is 0 Å². The van der Waals surface area contributed by atoms with Crippen molar-refractivity contribution in [3.63, 3.8) is 0 Å². The summed E-state index contributed by atoms with van der Waals surface area (Å²) in [5.74, 6) is 0. The van der Waals surface area contributed by atoms with E-state index in [1.54, 1.807) is 6.07 Å². The fourth-order valence-electron chi connectivity index (χ4n) is 3.63. The van der Waals surface area contributed by atoms with E-state index in [-0.39, 0.29) is 0 Å². The summed E-state index contributed by atoms with van der Waals surface area (Å²) in [7, 11) is 0. The molecule has 0 N–H and O–H groups in total. The van der Waals surface area contributed by atoms with Crippen LogP contribution in [0.2, 0.25) is 0 Å². The first-order valence-electron chi connectivity index (χ1n) is 9.44. The minimum absolute atomic E-state index is 0.325. The molecule has 0 spiro atoms. The van der Waals surface area contributed by atoms with Crippen molar-refractivity contribution >= 4 is 22.2 Å². The molecule has 0 aliphatic heterocycles. The number of thiazole rings is 1. The third kappa shape index (κ3) is 3.81. The summed E-state index contributed by atoms with van der Waals surface area (Å²) in [5.41, 5.74) is 3.18. The largest absolute Gasteiger partial charge is 0.416 e. The van der Waals surface area contributed by atoms with E-state index in [1.165, 1.54) is 23.5 Å². The zero-order valence-corrected chi connectivity index (χ0v) is 17.5. The summed E-state index contributed by atoms with van der Waals surface area (Å²) in [6, 6.07) is 12.3. The Balaban J connectivity index is 1.70. The van der Waals surface area contributed by atoms with Crippen LogP contribution in [-0.2, 0) is 19.4 Å². The predicted octanol–water partition coefficient (Wildman–Crippen LogP) is 6.79. The van der Waals surface area contributed by atoms with Crippen LogP contribution in [-0.4, -0.2) is 9.55 Å². The summed E-state index contributed by atoms with van der Waals surface area (Å²) >= 11 is 1.42. The molecule has 0 fully saturated rings. The summed E-state index contributed by atoms with van der Waals surface area (Å²) in [6.45, 7) is 3.56. The Labute approximate surface area is 180 Å². The Kier molecular flexibility index (Phi) is 5.31. The Morgan fingerprint density at radius 1 is 1.10 bits per heavy atom. The van der Waals surface area contributed by atoms with Gasteiger partial charge >= 0.3 is 6.18 Å². The van der Waals surface area contributed by atoms with Gasteiger partial charge in [0, 0.05) is 32.6 Å². The molecule has 31 heavy (non-hydrogen) atoms. The van der Waals surface area contributed by atoms with E-state index < -0.39 is 18.4 Å². The number of hydrogen-bond acceptors (Lipinski definition) is 3. The van der Waals surface area contributed by atoms with Crippen LogP contribution in [0.3, 0.4) is 0 Å². The summed E-state index contributed by atoms with van der Waals surface area (Å²) in [6.07, 6.45) is -4.38. The Bertz CT molecular complexity index is 1310. The first-order valence-corrected chi connectivity index (χ1v) is 10.3. The molecule has 2 heterocycles. The maximum absolute atomic E-state index is 13.6. The van der Waals surface area contributed by atoms with E-state index in [2.05, 4.69) is 4.98 Å². The van der Waals surface area contributed by atoms with Crippen LogP contribution in [0.5, 0.6) is 0 Å². The second kappa shape index (κ2) is 7.82. The number of aromatic nitrogens is 2. The van der Waals surface area contributed by atoms with Crippen molar-refractivity contribution in [1.82, 2.24) is 9.55 Å². The maximum Gasteiger partial charge on any atom is 0.416 e. The smallest absolute Gasteiger partial charge is 0.340 e. The second-order valence-electron chi connectivity index (χ2n) is 7.24. The van der Waals surface area contributed by atoms with E-state index in [0.717, 1.165) is 33.9 Å². The Hall–Kier alpha value is -3.18. The van der Waals surface area contributed by atoms with Crippen LogP contribution >= 0.6 is 11.3 Å². The third-order valence-electron chi connectivity index (χ3n) is 5.31. The Morgan fingerprint density at radius 3 is 2.42 bits per heavy atom. The van der Waals surface area contributed by atoms with Gasteiger partial charge in [-0.05, 0) is 44.2 Å². The monoisotopic (exact) mass is 443 g/mol. The van der Waals surface area contributed by atoms with Crippen molar-refractivity contribution in [2.75, 3.05) is 0 Å². The van der Waals surface area contributed by atoms with Crippen LogP contribution in [0.15, 0.2) is 42.5 Å². The molecule has 0 bridgehead atoms. The lowest BCUT2D eigenvalue weighted by molar-refractivity contribution is -0.137. The lowest BCUT2D eigenvalue weighted by atomic mass is 10.0. The average Bonchev–Trinajstić information content (AvgIpc) is 3.26. The lowest BCUT2D eigenvalue weighted by Crippen LogP contribution is -2.03. The van der Waals surface area contributed by atoms with Gasteiger partial charge in [-0.25, -0.2) is 9.37 Å². The fraction of sp³-hybridized carbons (Fsp3) is 0.217. The first-order chi connectivity index (χ1) is 14.7. The van der Waals surface area contributed by atoms with Gasteiger partial charge in [0.05, 0.1) is 29.4 Å². The van der Waals surface area contributed by atoms with E-state index in [1.807, 2.05) is 36.6 Å². The summed E-state index contributed by atoms with van der Waals surface area (Å²) in [4.78, 5) is 5.50. The molecule has 0 aliphatic carbocycles. The highest BCUT2D eigenvalue weighted by molar-refractivity contribution is 7.15. The SMILES string of the molecule is Cc1nc(-c2ccc(C(F)(F)F)cc2)sc1Cn1c(C)cc2c(CF)c(C#N)ccc21. The number of rotatable bonds is 4. The van der Waals surface area contributed by atoms with Gasteiger partial charge in [0.15, 0.2) is 0 Å². The van der Waals surface area contributed by atoms with Crippen LogP contribution in [0.25, 0.3) is 21.5 Å². The van der Waals surface area contributed by atoms with E-state index in [9.17, 15) is 22.8 Å². The number of halogens is 4. The highest BCUT2D eigenvalue weighted by Gasteiger charge is 2.30. The number of alkyl halides is 4. The van der Waals surface area contributed by atoms with Gasteiger partial charge in [0.25, 0.3) is 0 Å². The highest BCUT2D eigenvalue weighted by Crippen LogP contribution is 2.34. The van der Waals surface area contributed by atoms with E-state index in [4.69, 9.17) is 0 Å². The first kappa shape index (κ1) is 21.1. The Morgan fingerprint density at radius 2 is 1.81 bits per heavy atom. The summed E-state index contributed by atoms with van der Waals surface area (Å²) < 4.78 is 54.1. The van der Waals surface area contributed by atoms with Gasteiger partial charge in [0.2, 0.25) is 0 Å². The number of benzene rings is 2. The molecule has 8 heteroatoms. The van der Waals surface area contributed by atoms with Crippen LogP contribution in [0.1, 0.15) is 33.0 Å². The molecular formula is C23H17F4N3S. The number of nitrogens with zero attached hydrogens (tertiary/aromatic N) is 3. The molecule has 4 aromatic rings. The zero-order valence-electron chi connectivity index (χ0n) is 16.7. The van der Waals surface area contributed by atoms with Crippen LogP contribution in [0.4, 0.5) is 17.6 Å². The number of aryl methyl sites for hydroxylation is 2. The molecule has 0 saturated carbocycles. The molecule has 0 radical (unpaired) electrons. The number of fused-ring (bicyclic) bond motifs is 1. The van der Waals surface area contributed by atoms with Crippen LogP contribution in [0, 0.1) is 25.2 Å². The van der Waals surface area contributed by atoms with Gasteiger partial charge < -0.3 is 4.57 Å². The normalized spacial score (nSPS) is 11.8. The van der Waals surface area contributed by atoms with Gasteiger partial charge in [-0.3, -0.25) is 0 Å². The molecule has 0 amide bonds. The number of hydrogen-bond donors (Lipinski definition) is 0. The molecule has 0 saturated heterocycles. The minimum Gasteiger partial charge on any atom is -0.340 e. The van der Waals surface area contributed by atoms with Gasteiger partial charge in [0.1, 0.15) is 11.7 Å². The average molecular weight is 443 g/mol. The van der Waals surface area contributed by atoms with Crippen molar-refractivity contribution < 1.29 is 17.6 Å². The van der Waals surface area contributed by atoms with Gasteiger partial charge in [-0.2, -0.15) is 18.4 Å². The standard InChI is InChI=1S/C23H17F4N3S/c1-13-9-18-19(10-24)16(11-28)5-8-20(18)30(13)12-21-14(2)29-22(31-21)15-3-6-17(7-4-15)23(25,26)27/h3-9H,10,12H2,1-2H3. The quantitative estimate of drug-likeness (QED) is 0.326. The minimum atomic E-state index is -4.38. The van der Waals surface area contributed by atoms with Crippen molar-refractivity contribution in [2.24, 2.45) is 0 Å². The molecule has 0 aliphatic rings. The predicted molar refractivity (Wildman–Crippen MR) is 113 cm³/mol. The van der Waals surface area contributed by atoms with Crippen molar-refractivity contribution in [3.8, 4) is 16.6 Å². The third-order valence-corrected chi connectivity index (χ3v) is 6.50. The van der Waals surface area contributed by atoms with Gasteiger partial charge in [-0.15, -0.1) is 11.3 Å². The van der Waals surface area contributed by atoms with Gasteiger partial charge in [-0.1, -0.05) is 12.1 Å². The second-order valence-corrected chi connectivity index (χ2v) is 8.33.